The number of aliphatic hydroxyl groups excluding tert-OH is 2. The second kappa shape index (κ2) is 7.70. The fourth-order valence-corrected chi connectivity index (χ4v) is 2.77. The molecule has 0 fully saturated rings. The van der Waals surface area contributed by atoms with E-state index in [1.165, 1.54) is 0 Å². The molecule has 0 bridgehead atoms. The minimum absolute atomic E-state index is 0.256. The molecule has 3 aromatic rings. The monoisotopic (exact) mass is 371 g/mol. The third-order valence-electron chi connectivity index (χ3n) is 4.03. The van der Waals surface area contributed by atoms with Crippen molar-refractivity contribution in [3.05, 3.63) is 76.8 Å². The van der Waals surface area contributed by atoms with Crippen LogP contribution in [0.4, 0.5) is 0 Å². The Morgan fingerprint density at radius 2 is 1.96 bits per heavy atom. The Balaban J connectivity index is 1.73. The van der Waals surface area contributed by atoms with Crippen molar-refractivity contribution in [1.82, 2.24) is 15.3 Å². The fraction of sp³-hybridized carbons (Fsp3) is 0.158. The Bertz CT molecular complexity index is 911. The molecule has 7 heteroatoms. The first-order chi connectivity index (χ1) is 12.5. The molecule has 0 aliphatic rings. The number of amides is 1. The minimum atomic E-state index is -1.44. The third kappa shape index (κ3) is 3.94. The molecule has 2 atom stereocenters. The molecule has 0 aliphatic carbocycles. The molecule has 2 heterocycles. The van der Waals surface area contributed by atoms with Gasteiger partial charge in [0.1, 0.15) is 17.0 Å². The first-order valence-electron chi connectivity index (χ1n) is 7.98. The Hall–Kier alpha value is -2.67. The highest BCUT2D eigenvalue weighted by Crippen LogP contribution is 2.26. The van der Waals surface area contributed by atoms with Gasteiger partial charge < -0.3 is 20.5 Å². The second-order valence-corrected chi connectivity index (χ2v) is 6.29. The summed E-state index contributed by atoms with van der Waals surface area (Å²) >= 11 is 5.94. The van der Waals surface area contributed by atoms with E-state index >= 15 is 0 Å². The van der Waals surface area contributed by atoms with Crippen molar-refractivity contribution in [3.8, 4) is 11.1 Å². The smallest absolute Gasteiger partial charge is 0.269 e. The fourth-order valence-electron chi connectivity index (χ4n) is 2.61. The van der Waals surface area contributed by atoms with E-state index in [1.807, 2.05) is 6.92 Å². The average molecular weight is 372 g/mol. The topological polar surface area (TPSA) is 98.2 Å². The van der Waals surface area contributed by atoms with E-state index in [9.17, 15) is 15.0 Å². The van der Waals surface area contributed by atoms with Crippen LogP contribution >= 0.6 is 11.6 Å². The summed E-state index contributed by atoms with van der Waals surface area (Å²) in [6.45, 7) is 1.89. The van der Waals surface area contributed by atoms with E-state index < -0.39 is 18.2 Å². The van der Waals surface area contributed by atoms with E-state index in [1.54, 1.807) is 54.9 Å². The number of hydrogen-bond donors (Lipinski definition) is 4. The largest absolute Gasteiger partial charge is 0.384 e. The summed E-state index contributed by atoms with van der Waals surface area (Å²) in [5.41, 5.74) is 3.31. The number of carbonyl (C=O) groups is 1. The number of aryl methyl sites for hydroxylation is 1. The maximum Gasteiger partial charge on any atom is 0.269 e. The van der Waals surface area contributed by atoms with Gasteiger partial charge in [0.15, 0.2) is 6.23 Å². The quantitative estimate of drug-likeness (QED) is 0.409. The number of benzene rings is 1. The molecule has 134 valence electrons. The Kier molecular flexibility index (Phi) is 5.37. The molecule has 26 heavy (non-hydrogen) atoms. The van der Waals surface area contributed by atoms with Gasteiger partial charge in [-0.15, -0.1) is 0 Å². The predicted octanol–water partition coefficient (Wildman–Crippen LogP) is 2.82. The molecular weight excluding hydrogens is 354 g/mol. The van der Waals surface area contributed by atoms with Gasteiger partial charge in [0.05, 0.1) is 0 Å². The summed E-state index contributed by atoms with van der Waals surface area (Å²) in [6, 6.07) is 12.0. The van der Waals surface area contributed by atoms with Crippen molar-refractivity contribution in [1.29, 1.82) is 0 Å². The number of carbonyl (C=O) groups excluding carboxylic acids is 1. The van der Waals surface area contributed by atoms with Crippen molar-refractivity contribution < 1.29 is 15.0 Å². The number of aromatic amines is 1. The van der Waals surface area contributed by atoms with E-state index in [4.69, 9.17) is 11.6 Å². The summed E-state index contributed by atoms with van der Waals surface area (Å²) in [6.07, 6.45) is 0.669. The van der Waals surface area contributed by atoms with E-state index in [0.717, 1.165) is 16.7 Å². The van der Waals surface area contributed by atoms with Gasteiger partial charge >= 0.3 is 0 Å². The van der Waals surface area contributed by atoms with Crippen LogP contribution in [0.2, 0.25) is 5.15 Å². The predicted molar refractivity (Wildman–Crippen MR) is 98.6 cm³/mol. The molecule has 0 spiro atoms. The molecule has 1 aromatic carbocycles. The maximum absolute atomic E-state index is 12.3. The standard InChI is InChI=1S/C19H18ClN3O3/c1-11-9-22-16(20)8-14(11)13-7-15(21-10-13)18(25)23-19(26)17(24)12-5-3-2-4-6-12/h2-10,17,19,21,24,26H,1H3,(H,23,25). The molecule has 0 radical (unpaired) electrons. The number of rotatable bonds is 5. The molecule has 2 aromatic heterocycles. The lowest BCUT2D eigenvalue weighted by atomic mass is 10.1. The third-order valence-corrected chi connectivity index (χ3v) is 4.23. The number of pyridine rings is 1. The molecule has 0 aliphatic heterocycles. The van der Waals surface area contributed by atoms with Crippen molar-refractivity contribution in [2.45, 2.75) is 19.3 Å². The Morgan fingerprint density at radius 1 is 1.23 bits per heavy atom. The second-order valence-electron chi connectivity index (χ2n) is 5.90. The zero-order valence-electron chi connectivity index (χ0n) is 14.0. The van der Waals surface area contributed by atoms with Gasteiger partial charge in [0, 0.05) is 18.0 Å². The van der Waals surface area contributed by atoms with Crippen LogP contribution in [-0.4, -0.2) is 32.3 Å². The molecule has 1 amide bonds. The Morgan fingerprint density at radius 3 is 2.69 bits per heavy atom. The van der Waals surface area contributed by atoms with Crippen LogP contribution in [0.15, 0.2) is 54.9 Å². The van der Waals surface area contributed by atoms with E-state index in [2.05, 4.69) is 15.3 Å². The van der Waals surface area contributed by atoms with Crippen LogP contribution in [0.25, 0.3) is 11.1 Å². The van der Waals surface area contributed by atoms with Crippen LogP contribution in [0.5, 0.6) is 0 Å². The summed E-state index contributed by atoms with van der Waals surface area (Å²) < 4.78 is 0. The van der Waals surface area contributed by atoms with Gasteiger partial charge in [-0.25, -0.2) is 4.98 Å². The minimum Gasteiger partial charge on any atom is -0.384 e. The highest BCUT2D eigenvalue weighted by atomic mass is 35.5. The van der Waals surface area contributed by atoms with Crippen molar-refractivity contribution in [2.24, 2.45) is 0 Å². The number of halogens is 1. The summed E-state index contributed by atoms with van der Waals surface area (Å²) in [7, 11) is 0. The lowest BCUT2D eigenvalue weighted by Gasteiger charge is -2.19. The van der Waals surface area contributed by atoms with Crippen LogP contribution in [-0.2, 0) is 0 Å². The first-order valence-corrected chi connectivity index (χ1v) is 8.36. The van der Waals surface area contributed by atoms with Crippen LogP contribution in [0, 0.1) is 6.92 Å². The molecule has 0 saturated carbocycles. The number of aliphatic hydroxyl groups is 2. The summed E-state index contributed by atoms with van der Waals surface area (Å²) in [5.74, 6) is -0.531. The Labute approximate surface area is 155 Å². The van der Waals surface area contributed by atoms with Crippen molar-refractivity contribution in [2.75, 3.05) is 0 Å². The van der Waals surface area contributed by atoms with Gasteiger partial charge in [-0.05, 0) is 35.7 Å². The molecule has 6 nitrogen and oxygen atoms in total. The normalized spacial score (nSPS) is 13.2. The zero-order valence-corrected chi connectivity index (χ0v) is 14.7. The van der Waals surface area contributed by atoms with Crippen molar-refractivity contribution in [3.63, 3.8) is 0 Å². The van der Waals surface area contributed by atoms with Crippen LogP contribution in [0.1, 0.15) is 27.7 Å². The number of nitrogens with zero attached hydrogens (tertiary/aromatic N) is 1. The van der Waals surface area contributed by atoms with Crippen LogP contribution < -0.4 is 5.32 Å². The van der Waals surface area contributed by atoms with Gasteiger partial charge in [-0.1, -0.05) is 41.9 Å². The molecule has 2 unspecified atom stereocenters. The highest BCUT2D eigenvalue weighted by molar-refractivity contribution is 6.29. The molecular formula is C19H18ClN3O3. The summed E-state index contributed by atoms with van der Waals surface area (Å²) in [5, 5.41) is 23.0. The zero-order chi connectivity index (χ0) is 18.7. The summed E-state index contributed by atoms with van der Waals surface area (Å²) in [4.78, 5) is 19.2. The highest BCUT2D eigenvalue weighted by Gasteiger charge is 2.21. The molecule has 4 N–H and O–H groups in total. The number of hydrogen-bond acceptors (Lipinski definition) is 4. The van der Waals surface area contributed by atoms with E-state index in [-0.39, 0.29) is 5.69 Å². The lowest BCUT2D eigenvalue weighted by molar-refractivity contribution is -0.000953. The molecule has 0 saturated heterocycles. The lowest BCUT2D eigenvalue weighted by Crippen LogP contribution is -2.39. The van der Waals surface area contributed by atoms with Gasteiger partial charge in [-0.2, -0.15) is 0 Å². The SMILES string of the molecule is Cc1cnc(Cl)cc1-c1c[nH]c(C(=O)NC(O)C(O)c2ccccc2)c1. The van der Waals surface area contributed by atoms with Gasteiger partial charge in [-0.3, -0.25) is 4.79 Å². The van der Waals surface area contributed by atoms with Gasteiger partial charge in [0.25, 0.3) is 5.91 Å². The number of nitrogens with one attached hydrogen (secondary N) is 2. The maximum atomic E-state index is 12.3. The molecule has 3 rings (SSSR count). The van der Waals surface area contributed by atoms with E-state index in [0.29, 0.717) is 10.7 Å². The number of H-pyrrole nitrogens is 1. The van der Waals surface area contributed by atoms with Gasteiger partial charge in [0.2, 0.25) is 0 Å². The van der Waals surface area contributed by atoms with Crippen molar-refractivity contribution >= 4 is 17.5 Å². The average Bonchev–Trinajstić information content (AvgIpc) is 3.14. The van der Waals surface area contributed by atoms with Crippen LogP contribution in [0.3, 0.4) is 0 Å². The first kappa shape index (κ1) is 18.1. The number of aromatic nitrogens is 2.